The van der Waals surface area contributed by atoms with Gasteiger partial charge in [0.15, 0.2) is 0 Å². The van der Waals surface area contributed by atoms with Crippen molar-refractivity contribution in [3.8, 4) is 11.8 Å². The molecule has 30 heavy (non-hydrogen) atoms. The molecule has 1 amide bonds. The second-order valence-corrected chi connectivity index (χ2v) is 6.36. The van der Waals surface area contributed by atoms with E-state index < -0.39 is 30.2 Å². The number of nitrogens with one attached hydrogen (secondary N) is 1. The van der Waals surface area contributed by atoms with Gasteiger partial charge in [-0.05, 0) is 42.0 Å². The smallest absolute Gasteiger partial charge is 0.291 e. The number of carbonyl (C=O) groups is 1. The van der Waals surface area contributed by atoms with Crippen LogP contribution in [0.15, 0.2) is 60.3 Å². The average molecular weight is 421 g/mol. The molecule has 1 aliphatic heterocycles. The zero-order chi connectivity index (χ0) is 21.9. The Hall–Kier alpha value is -3.58. The summed E-state index contributed by atoms with van der Waals surface area (Å²) < 4.78 is 58.0. The number of nitrogens with zero attached hydrogens (tertiary/aromatic N) is 2. The van der Waals surface area contributed by atoms with Gasteiger partial charge in [-0.1, -0.05) is 12.1 Å². The maximum atomic E-state index is 13.3. The lowest BCUT2D eigenvalue weighted by molar-refractivity contribution is -0.146. The third-order valence-electron chi connectivity index (χ3n) is 4.29. The molecular weight excluding hydrogens is 406 g/mol. The van der Waals surface area contributed by atoms with Crippen LogP contribution >= 0.6 is 0 Å². The standard InChI is InChI=1S/C20H15F4N3O3/c21-17(22)16-9-20(29,19(23)24)27(26-16)18(28)14-3-1-2-13(8-14)11-30-15-6-4-12(10-25)5-7-15/h1-9,17,19,26,29H,11H2. The summed E-state index contributed by atoms with van der Waals surface area (Å²) in [5, 5.41) is 18.9. The van der Waals surface area contributed by atoms with Crippen LogP contribution in [-0.4, -0.2) is 34.6 Å². The maximum absolute atomic E-state index is 13.3. The van der Waals surface area contributed by atoms with Crippen LogP contribution in [-0.2, 0) is 6.61 Å². The largest absolute Gasteiger partial charge is 0.489 e. The lowest BCUT2D eigenvalue weighted by Crippen LogP contribution is -2.56. The van der Waals surface area contributed by atoms with Crippen molar-refractivity contribution < 1.29 is 32.2 Å². The van der Waals surface area contributed by atoms with E-state index in [2.05, 4.69) is 0 Å². The summed E-state index contributed by atoms with van der Waals surface area (Å²) in [6.07, 6.45) is -6.47. The molecule has 0 aliphatic carbocycles. The first-order valence-corrected chi connectivity index (χ1v) is 8.59. The van der Waals surface area contributed by atoms with Crippen LogP contribution in [0.2, 0.25) is 0 Å². The number of rotatable bonds is 6. The van der Waals surface area contributed by atoms with E-state index in [0.717, 1.165) is 0 Å². The van der Waals surface area contributed by atoms with Crippen LogP contribution in [0.25, 0.3) is 0 Å². The molecule has 0 spiro atoms. The Morgan fingerprint density at radius 3 is 2.50 bits per heavy atom. The zero-order valence-corrected chi connectivity index (χ0v) is 15.2. The third kappa shape index (κ3) is 4.21. The first-order valence-electron chi connectivity index (χ1n) is 8.59. The predicted molar refractivity (Wildman–Crippen MR) is 96.3 cm³/mol. The number of hydrogen-bond donors (Lipinski definition) is 2. The van der Waals surface area contributed by atoms with Crippen molar-refractivity contribution in [2.24, 2.45) is 0 Å². The Morgan fingerprint density at radius 2 is 1.90 bits per heavy atom. The minimum absolute atomic E-state index is 0.0140. The molecule has 1 unspecified atom stereocenters. The van der Waals surface area contributed by atoms with Gasteiger partial charge < -0.3 is 9.84 Å². The highest BCUT2D eigenvalue weighted by atomic mass is 19.3. The molecule has 0 bridgehead atoms. The molecule has 10 heteroatoms. The summed E-state index contributed by atoms with van der Waals surface area (Å²) in [5.41, 5.74) is -1.52. The quantitative estimate of drug-likeness (QED) is 0.700. The van der Waals surface area contributed by atoms with Gasteiger partial charge in [0.25, 0.3) is 18.8 Å². The highest BCUT2D eigenvalue weighted by molar-refractivity contribution is 5.95. The van der Waals surface area contributed by atoms with Gasteiger partial charge in [-0.25, -0.2) is 22.6 Å². The maximum Gasteiger partial charge on any atom is 0.291 e. The fourth-order valence-corrected chi connectivity index (χ4v) is 2.75. The minimum Gasteiger partial charge on any atom is -0.489 e. The molecule has 0 aromatic heterocycles. The van der Waals surface area contributed by atoms with Crippen molar-refractivity contribution in [1.82, 2.24) is 10.4 Å². The molecule has 2 aromatic rings. The van der Waals surface area contributed by atoms with Gasteiger partial charge in [-0.15, -0.1) is 0 Å². The number of amides is 1. The van der Waals surface area contributed by atoms with Crippen LogP contribution in [0.1, 0.15) is 21.5 Å². The molecule has 0 fully saturated rings. The average Bonchev–Trinajstić information content (AvgIpc) is 3.11. The number of benzene rings is 2. The lowest BCUT2D eigenvalue weighted by Gasteiger charge is -2.31. The number of ether oxygens (including phenoxy) is 1. The Bertz CT molecular complexity index is 1010. The molecular formula is C20H15F4N3O3. The van der Waals surface area contributed by atoms with E-state index in [1.165, 1.54) is 18.2 Å². The first kappa shape index (κ1) is 21.1. The molecule has 6 nitrogen and oxygen atoms in total. The fraction of sp³-hybridized carbons (Fsp3) is 0.200. The first-order chi connectivity index (χ1) is 14.2. The van der Waals surface area contributed by atoms with Crippen molar-refractivity contribution in [1.29, 1.82) is 5.26 Å². The highest BCUT2D eigenvalue weighted by Gasteiger charge is 2.51. The molecule has 2 aromatic carbocycles. The third-order valence-corrected chi connectivity index (χ3v) is 4.29. The van der Waals surface area contributed by atoms with Gasteiger partial charge in [0.1, 0.15) is 12.4 Å². The number of nitriles is 1. The number of hydrogen-bond acceptors (Lipinski definition) is 5. The van der Waals surface area contributed by atoms with E-state index in [0.29, 0.717) is 16.9 Å². The Morgan fingerprint density at radius 1 is 1.20 bits per heavy atom. The van der Waals surface area contributed by atoms with Gasteiger partial charge in [0.2, 0.25) is 5.72 Å². The Balaban J connectivity index is 1.76. The molecule has 156 valence electrons. The molecule has 1 atom stereocenters. The Labute approximate surface area is 168 Å². The van der Waals surface area contributed by atoms with Gasteiger partial charge in [0, 0.05) is 11.6 Å². The molecule has 2 N–H and O–H groups in total. The van der Waals surface area contributed by atoms with E-state index in [4.69, 9.17) is 10.00 Å². The topological polar surface area (TPSA) is 85.6 Å². The minimum atomic E-state index is -3.52. The van der Waals surface area contributed by atoms with Crippen LogP contribution in [0, 0.1) is 11.3 Å². The normalized spacial score (nSPS) is 18.2. The zero-order valence-electron chi connectivity index (χ0n) is 15.2. The van der Waals surface area contributed by atoms with Crippen molar-refractivity contribution in [2.45, 2.75) is 25.2 Å². The molecule has 3 rings (SSSR count). The van der Waals surface area contributed by atoms with Crippen LogP contribution in [0.3, 0.4) is 0 Å². The number of halogens is 4. The van der Waals surface area contributed by atoms with E-state index in [1.54, 1.807) is 30.3 Å². The summed E-state index contributed by atoms with van der Waals surface area (Å²) in [7, 11) is 0. The molecule has 0 radical (unpaired) electrons. The van der Waals surface area contributed by atoms with Gasteiger partial charge in [-0.3, -0.25) is 10.2 Å². The van der Waals surface area contributed by atoms with Gasteiger partial charge in [0.05, 0.1) is 17.3 Å². The van der Waals surface area contributed by atoms with Crippen LogP contribution in [0.5, 0.6) is 5.75 Å². The van der Waals surface area contributed by atoms with Crippen molar-refractivity contribution in [2.75, 3.05) is 0 Å². The van der Waals surface area contributed by atoms with E-state index >= 15 is 0 Å². The number of hydrazine groups is 1. The van der Waals surface area contributed by atoms with Gasteiger partial charge >= 0.3 is 0 Å². The van der Waals surface area contributed by atoms with E-state index in [-0.39, 0.29) is 23.3 Å². The predicted octanol–water partition coefficient (Wildman–Crippen LogP) is 3.20. The molecule has 1 aliphatic rings. The van der Waals surface area contributed by atoms with E-state index in [1.807, 2.05) is 11.5 Å². The van der Waals surface area contributed by atoms with Crippen LogP contribution in [0.4, 0.5) is 17.6 Å². The molecule has 0 saturated heterocycles. The fourth-order valence-electron chi connectivity index (χ4n) is 2.75. The monoisotopic (exact) mass is 421 g/mol. The summed E-state index contributed by atoms with van der Waals surface area (Å²) in [6.45, 7) is 0.0140. The number of aliphatic hydroxyl groups is 1. The highest BCUT2D eigenvalue weighted by Crippen LogP contribution is 2.31. The lowest BCUT2D eigenvalue weighted by atomic mass is 10.1. The Kier molecular flexibility index (Phi) is 5.94. The summed E-state index contributed by atoms with van der Waals surface area (Å²) in [5.74, 6) is -0.658. The number of carbonyl (C=O) groups excluding carboxylic acids is 1. The number of allylic oxidation sites excluding steroid dienone is 1. The molecule has 0 saturated carbocycles. The second kappa shape index (κ2) is 8.42. The SMILES string of the molecule is N#Cc1ccc(OCc2cccc(C(=O)N3NC(C(F)F)=CC3(O)C(F)F)c2)cc1. The van der Waals surface area contributed by atoms with Crippen LogP contribution < -0.4 is 10.2 Å². The van der Waals surface area contributed by atoms with E-state index in [9.17, 15) is 27.5 Å². The molecule has 1 heterocycles. The van der Waals surface area contributed by atoms with Gasteiger partial charge in [-0.2, -0.15) is 5.26 Å². The second-order valence-electron chi connectivity index (χ2n) is 6.36. The summed E-state index contributed by atoms with van der Waals surface area (Å²) >= 11 is 0. The van der Waals surface area contributed by atoms with Crippen molar-refractivity contribution in [3.05, 3.63) is 77.0 Å². The van der Waals surface area contributed by atoms with Crippen molar-refractivity contribution in [3.63, 3.8) is 0 Å². The van der Waals surface area contributed by atoms with Crippen molar-refractivity contribution >= 4 is 5.91 Å². The summed E-state index contributed by atoms with van der Waals surface area (Å²) in [4.78, 5) is 12.7. The number of alkyl halides is 4. The summed E-state index contributed by atoms with van der Waals surface area (Å²) in [6, 6.07) is 14.0.